The summed E-state index contributed by atoms with van der Waals surface area (Å²) in [5.41, 5.74) is 1.34. The van der Waals surface area contributed by atoms with Crippen LogP contribution in [0.3, 0.4) is 0 Å². The van der Waals surface area contributed by atoms with Gasteiger partial charge in [0.15, 0.2) is 11.5 Å². The maximum Gasteiger partial charge on any atom is 0.303 e. The van der Waals surface area contributed by atoms with E-state index >= 15 is 0 Å². The van der Waals surface area contributed by atoms with Crippen molar-refractivity contribution in [3.8, 4) is 17.2 Å². The van der Waals surface area contributed by atoms with Crippen molar-refractivity contribution in [2.24, 2.45) is 0 Å². The number of hydrogen-bond acceptors (Lipinski definition) is 6. The highest BCUT2D eigenvalue weighted by Crippen LogP contribution is 2.38. The van der Waals surface area contributed by atoms with E-state index in [1.165, 1.54) is 28.3 Å². The van der Waals surface area contributed by atoms with E-state index in [1.54, 1.807) is 36.4 Å². The van der Waals surface area contributed by atoms with E-state index in [2.05, 4.69) is 5.32 Å². The average molecular weight is 373 g/mol. The van der Waals surface area contributed by atoms with Crippen molar-refractivity contribution < 1.29 is 28.5 Å². The predicted molar refractivity (Wildman–Crippen MR) is 98.9 cm³/mol. The molecule has 7 heteroatoms. The van der Waals surface area contributed by atoms with Crippen molar-refractivity contribution in [1.29, 1.82) is 0 Å². The molecule has 0 saturated heterocycles. The lowest BCUT2D eigenvalue weighted by atomic mass is 10.1. The fourth-order valence-electron chi connectivity index (χ4n) is 2.59. The summed E-state index contributed by atoms with van der Waals surface area (Å²) in [6.07, 6.45) is -1.02. The van der Waals surface area contributed by atoms with E-state index < -0.39 is 18.0 Å². The van der Waals surface area contributed by atoms with Crippen LogP contribution in [0.15, 0.2) is 42.5 Å². The molecule has 0 spiro atoms. The number of rotatable bonds is 8. The molecule has 1 atom stereocenters. The van der Waals surface area contributed by atoms with Crippen molar-refractivity contribution >= 4 is 11.9 Å². The van der Waals surface area contributed by atoms with Gasteiger partial charge in [0, 0.05) is 19.0 Å². The molecule has 2 aromatic carbocycles. The minimum atomic E-state index is -1.02. The topological polar surface area (TPSA) is 83.1 Å². The van der Waals surface area contributed by atoms with Crippen molar-refractivity contribution in [3.63, 3.8) is 0 Å². The maximum absolute atomic E-state index is 12.6. The van der Waals surface area contributed by atoms with Gasteiger partial charge in [-0.15, -0.1) is 0 Å². The Balaban J connectivity index is 2.18. The summed E-state index contributed by atoms with van der Waals surface area (Å²) in [7, 11) is 4.56. The highest BCUT2D eigenvalue weighted by Gasteiger charge is 2.23. The van der Waals surface area contributed by atoms with Crippen LogP contribution in [0.25, 0.3) is 0 Å². The van der Waals surface area contributed by atoms with Gasteiger partial charge in [0.2, 0.25) is 11.9 Å². The first-order valence-electron chi connectivity index (χ1n) is 8.29. The summed E-state index contributed by atoms with van der Waals surface area (Å²) in [6.45, 7) is 1.46. The van der Waals surface area contributed by atoms with E-state index in [0.717, 1.165) is 5.56 Å². The van der Waals surface area contributed by atoms with Gasteiger partial charge >= 0.3 is 5.97 Å². The van der Waals surface area contributed by atoms with Crippen LogP contribution in [0, 0.1) is 0 Å². The molecule has 0 fully saturated rings. The number of methoxy groups -OCH3 is 3. The number of carbonyl (C=O) groups is 2. The first-order valence-corrected chi connectivity index (χ1v) is 8.29. The quantitative estimate of drug-likeness (QED) is 0.716. The normalized spacial score (nSPS) is 11.3. The molecule has 0 aliphatic carbocycles. The summed E-state index contributed by atoms with van der Waals surface area (Å²) >= 11 is 0. The van der Waals surface area contributed by atoms with Gasteiger partial charge in [-0.3, -0.25) is 9.59 Å². The molecule has 0 aliphatic rings. The summed E-state index contributed by atoms with van der Waals surface area (Å²) < 4.78 is 21.1. The van der Waals surface area contributed by atoms with Crippen molar-refractivity contribution in [2.75, 3.05) is 21.3 Å². The third kappa shape index (κ3) is 5.13. The van der Waals surface area contributed by atoms with Crippen molar-refractivity contribution in [2.45, 2.75) is 19.6 Å². The smallest absolute Gasteiger partial charge is 0.303 e. The molecule has 1 unspecified atom stereocenters. The second kappa shape index (κ2) is 9.47. The molecule has 27 heavy (non-hydrogen) atoms. The molecule has 0 saturated carbocycles. The first-order chi connectivity index (χ1) is 13.0. The van der Waals surface area contributed by atoms with Crippen LogP contribution < -0.4 is 19.5 Å². The Labute approximate surface area is 158 Å². The average Bonchev–Trinajstić information content (AvgIpc) is 2.69. The number of hydrogen-bond donors (Lipinski definition) is 1. The zero-order valence-electron chi connectivity index (χ0n) is 15.8. The van der Waals surface area contributed by atoms with Crippen LogP contribution in [0.4, 0.5) is 0 Å². The van der Waals surface area contributed by atoms with Crippen LogP contribution in [0.1, 0.15) is 24.2 Å². The minimum Gasteiger partial charge on any atom is -0.493 e. The Morgan fingerprint density at radius 1 is 0.963 bits per heavy atom. The van der Waals surface area contributed by atoms with Crippen molar-refractivity contribution in [3.05, 3.63) is 53.6 Å². The zero-order chi connectivity index (χ0) is 19.8. The third-order valence-electron chi connectivity index (χ3n) is 3.82. The largest absolute Gasteiger partial charge is 0.493 e. The van der Waals surface area contributed by atoms with E-state index in [4.69, 9.17) is 18.9 Å². The third-order valence-corrected chi connectivity index (χ3v) is 3.82. The van der Waals surface area contributed by atoms with Gasteiger partial charge in [0.1, 0.15) is 0 Å². The lowest BCUT2D eigenvalue weighted by molar-refractivity contribution is -0.154. The van der Waals surface area contributed by atoms with Gasteiger partial charge in [-0.25, -0.2) is 0 Å². The number of esters is 1. The van der Waals surface area contributed by atoms with Crippen LogP contribution in [0.2, 0.25) is 0 Å². The molecule has 0 aliphatic heterocycles. The number of amides is 1. The molecule has 2 rings (SSSR count). The Morgan fingerprint density at radius 2 is 1.56 bits per heavy atom. The van der Waals surface area contributed by atoms with E-state index in [0.29, 0.717) is 22.8 Å². The lowest BCUT2D eigenvalue weighted by Crippen LogP contribution is -2.31. The maximum atomic E-state index is 12.6. The molecular weight excluding hydrogens is 350 g/mol. The second-order valence-corrected chi connectivity index (χ2v) is 5.65. The summed E-state index contributed by atoms with van der Waals surface area (Å²) in [6, 6.07) is 12.3. The van der Waals surface area contributed by atoms with Gasteiger partial charge in [0.25, 0.3) is 5.91 Å². The Morgan fingerprint density at radius 3 is 2.04 bits per heavy atom. The molecule has 7 nitrogen and oxygen atoms in total. The summed E-state index contributed by atoms with van der Waals surface area (Å²) in [4.78, 5) is 24.0. The number of nitrogens with one attached hydrogen (secondary N) is 1. The fraction of sp³-hybridized carbons (Fsp3) is 0.300. The van der Waals surface area contributed by atoms with E-state index in [9.17, 15) is 9.59 Å². The van der Waals surface area contributed by atoms with Gasteiger partial charge in [0.05, 0.1) is 21.3 Å². The highest BCUT2D eigenvalue weighted by molar-refractivity contribution is 5.84. The van der Waals surface area contributed by atoms with Gasteiger partial charge in [-0.05, 0) is 17.7 Å². The molecule has 144 valence electrons. The second-order valence-electron chi connectivity index (χ2n) is 5.65. The molecule has 0 heterocycles. The van der Waals surface area contributed by atoms with Gasteiger partial charge < -0.3 is 24.3 Å². The SMILES string of the molecule is COc1cc(CNC(=O)C(OC(C)=O)c2ccccc2)cc(OC)c1OC. The van der Waals surface area contributed by atoms with Crippen molar-refractivity contribution in [1.82, 2.24) is 5.32 Å². The molecule has 0 bridgehead atoms. The molecule has 0 aromatic heterocycles. The number of benzene rings is 2. The van der Waals surface area contributed by atoms with Crippen LogP contribution in [-0.4, -0.2) is 33.2 Å². The minimum absolute atomic E-state index is 0.195. The number of ether oxygens (including phenoxy) is 4. The van der Waals surface area contributed by atoms with Crippen LogP contribution in [-0.2, 0) is 20.9 Å². The zero-order valence-corrected chi connectivity index (χ0v) is 15.8. The number of carbonyl (C=O) groups excluding carboxylic acids is 2. The van der Waals surface area contributed by atoms with Gasteiger partial charge in [-0.2, -0.15) is 0 Å². The first kappa shape index (κ1) is 20.1. The fourth-order valence-corrected chi connectivity index (χ4v) is 2.59. The van der Waals surface area contributed by atoms with Crippen LogP contribution in [0.5, 0.6) is 17.2 Å². The Bertz CT molecular complexity index is 765. The standard InChI is InChI=1S/C20H23NO6/c1-13(22)27-18(15-8-6-5-7-9-15)20(23)21-12-14-10-16(24-2)19(26-4)17(11-14)25-3/h5-11,18H,12H2,1-4H3,(H,21,23). The lowest BCUT2D eigenvalue weighted by Gasteiger charge is -2.18. The molecule has 1 N–H and O–H groups in total. The Kier molecular flexibility index (Phi) is 7.05. The predicted octanol–water partition coefficient (Wildman–Crippen LogP) is 2.63. The van der Waals surface area contributed by atoms with E-state index in [1.807, 2.05) is 6.07 Å². The Hall–Kier alpha value is -3.22. The summed E-state index contributed by atoms with van der Waals surface area (Å²) in [5.74, 6) is 0.482. The molecular formula is C20H23NO6. The molecule has 2 aromatic rings. The monoisotopic (exact) mass is 373 g/mol. The van der Waals surface area contributed by atoms with Gasteiger partial charge in [-0.1, -0.05) is 30.3 Å². The summed E-state index contributed by atoms with van der Waals surface area (Å²) in [5, 5.41) is 2.77. The van der Waals surface area contributed by atoms with Crippen LogP contribution >= 0.6 is 0 Å². The van der Waals surface area contributed by atoms with E-state index in [-0.39, 0.29) is 6.54 Å². The molecule has 1 amide bonds. The molecule has 0 radical (unpaired) electrons. The highest BCUT2D eigenvalue weighted by atomic mass is 16.5.